The van der Waals surface area contributed by atoms with E-state index in [0.29, 0.717) is 16.5 Å². The third kappa shape index (κ3) is 6.35. The van der Waals surface area contributed by atoms with E-state index in [2.05, 4.69) is 16.9 Å². The van der Waals surface area contributed by atoms with E-state index in [4.69, 9.17) is 4.74 Å². The second-order valence-electron chi connectivity index (χ2n) is 8.92. The summed E-state index contributed by atoms with van der Waals surface area (Å²) in [5.41, 5.74) is 1.32. The van der Waals surface area contributed by atoms with Crippen LogP contribution in [0.5, 0.6) is 5.75 Å². The van der Waals surface area contributed by atoms with Crippen LogP contribution in [-0.4, -0.2) is 46.2 Å². The molecule has 0 fully saturated rings. The third-order valence-electron chi connectivity index (χ3n) is 5.69. The van der Waals surface area contributed by atoms with E-state index in [1.807, 2.05) is 32.1 Å². The fourth-order valence-electron chi connectivity index (χ4n) is 3.45. The van der Waals surface area contributed by atoms with Gasteiger partial charge in [0.2, 0.25) is 0 Å². The highest BCUT2D eigenvalue weighted by Crippen LogP contribution is 2.24. The molecule has 36 heavy (non-hydrogen) atoms. The summed E-state index contributed by atoms with van der Waals surface area (Å²) in [5, 5.41) is 22.2. The number of aromatic carboxylic acids is 1. The van der Waals surface area contributed by atoms with Crippen LogP contribution in [0.1, 0.15) is 45.8 Å². The van der Waals surface area contributed by atoms with Crippen molar-refractivity contribution in [1.82, 2.24) is 10.3 Å². The van der Waals surface area contributed by atoms with Crippen LogP contribution in [0, 0.1) is 5.41 Å². The van der Waals surface area contributed by atoms with Crippen LogP contribution < -0.4 is 5.32 Å². The third-order valence-corrected chi connectivity index (χ3v) is 5.69. The number of hydrogen-bond donors (Lipinski definition) is 3. The molecular formula is C28H28N2O6. The van der Waals surface area contributed by atoms with E-state index < -0.39 is 23.9 Å². The molecule has 1 aromatic heterocycles. The first-order valence-electron chi connectivity index (χ1n) is 11.2. The van der Waals surface area contributed by atoms with Crippen LogP contribution in [-0.2, 0) is 16.0 Å². The van der Waals surface area contributed by atoms with Gasteiger partial charge in [-0.15, -0.1) is 6.58 Å². The molecule has 186 valence electrons. The average Bonchev–Trinajstić information content (AvgIpc) is 2.86. The highest BCUT2D eigenvalue weighted by molar-refractivity contribution is 6.06. The van der Waals surface area contributed by atoms with Gasteiger partial charge in [-0.05, 0) is 41.5 Å². The zero-order chi connectivity index (χ0) is 26.5. The number of nitrogens with one attached hydrogen (secondary N) is 1. The maximum Gasteiger partial charge on any atom is 0.336 e. The highest BCUT2D eigenvalue weighted by atomic mass is 16.5. The fraction of sp³-hybridized carbons (Fsp3) is 0.214. The predicted molar refractivity (Wildman–Crippen MR) is 137 cm³/mol. The Bertz CT molecular complexity index is 1340. The Hall–Kier alpha value is -4.46. The molecule has 0 saturated carbocycles. The number of carbonyl (C=O) groups excluding carboxylic acids is 2. The second kappa shape index (κ2) is 10.9. The molecule has 8 nitrogen and oxygen atoms in total. The molecule has 3 N–H and O–H groups in total. The summed E-state index contributed by atoms with van der Waals surface area (Å²) in [6.07, 6.45) is 5.74. The van der Waals surface area contributed by atoms with Gasteiger partial charge in [-0.3, -0.25) is 4.79 Å². The molecule has 0 spiro atoms. The number of phenolic OH excluding ortho intramolecular Hbond substituents is 1. The minimum atomic E-state index is -1.21. The van der Waals surface area contributed by atoms with Crippen molar-refractivity contribution < 1.29 is 29.3 Å². The summed E-state index contributed by atoms with van der Waals surface area (Å²) in [4.78, 5) is 41.7. The van der Waals surface area contributed by atoms with E-state index >= 15 is 0 Å². The summed E-state index contributed by atoms with van der Waals surface area (Å²) < 4.78 is 4.82. The van der Waals surface area contributed by atoms with Gasteiger partial charge in [-0.25, -0.2) is 14.6 Å². The number of rotatable bonds is 9. The van der Waals surface area contributed by atoms with Gasteiger partial charge in [0.05, 0.1) is 18.2 Å². The molecular weight excluding hydrogens is 460 g/mol. The van der Waals surface area contributed by atoms with Crippen LogP contribution in [0.3, 0.4) is 0 Å². The quantitative estimate of drug-likeness (QED) is 0.301. The topological polar surface area (TPSA) is 126 Å². The Balaban J connectivity index is 1.94. The lowest BCUT2D eigenvalue weighted by Gasteiger charge is -2.17. The zero-order valence-corrected chi connectivity index (χ0v) is 20.3. The molecule has 0 unspecified atom stereocenters. The number of aromatic nitrogens is 1. The van der Waals surface area contributed by atoms with Gasteiger partial charge in [0.15, 0.2) is 0 Å². The van der Waals surface area contributed by atoms with Crippen LogP contribution >= 0.6 is 0 Å². The standard InChI is InChI=1S/C28H28N2O6/c1-5-28(2,3)13-12-18-8-11-22-20(14-18)21(26(33)34)16-23(29-22)25(32)30-24(27(35)36-4)15-17-6-9-19(31)10-7-17/h5-14,16,24,31H,1,15H2,2-4H3,(H,30,32)(H,33,34)/b13-12+/t24-/m0/s1. The number of hydrogen-bond acceptors (Lipinski definition) is 6. The smallest absolute Gasteiger partial charge is 0.336 e. The maximum absolute atomic E-state index is 13.0. The Morgan fingerprint density at radius 3 is 2.44 bits per heavy atom. The number of methoxy groups -OCH3 is 1. The van der Waals surface area contributed by atoms with Crippen LogP contribution in [0.15, 0.2) is 67.3 Å². The first-order chi connectivity index (χ1) is 17.0. The molecule has 3 rings (SSSR count). The molecule has 1 heterocycles. The van der Waals surface area contributed by atoms with E-state index in [9.17, 15) is 24.6 Å². The van der Waals surface area contributed by atoms with E-state index in [1.165, 1.54) is 25.3 Å². The number of nitrogens with zero attached hydrogens (tertiary/aromatic N) is 1. The lowest BCUT2D eigenvalue weighted by Crippen LogP contribution is -2.43. The number of carboxylic acid groups (broad SMARTS) is 1. The van der Waals surface area contributed by atoms with Gasteiger partial charge >= 0.3 is 11.9 Å². The van der Waals surface area contributed by atoms with E-state index in [0.717, 1.165) is 5.56 Å². The van der Waals surface area contributed by atoms with Crippen molar-refractivity contribution in [1.29, 1.82) is 0 Å². The molecule has 0 bridgehead atoms. The monoisotopic (exact) mass is 488 g/mol. The Morgan fingerprint density at radius 2 is 1.83 bits per heavy atom. The average molecular weight is 489 g/mol. The maximum atomic E-state index is 13.0. The summed E-state index contributed by atoms with van der Waals surface area (Å²) in [5.74, 6) is -2.53. The Labute approximate surface area is 208 Å². The number of allylic oxidation sites excluding steroid dienone is 2. The van der Waals surface area contributed by atoms with Gasteiger partial charge in [0.1, 0.15) is 17.5 Å². The lowest BCUT2D eigenvalue weighted by molar-refractivity contribution is -0.142. The number of phenols is 1. The normalized spacial score (nSPS) is 12.3. The van der Waals surface area contributed by atoms with Gasteiger partial charge in [-0.2, -0.15) is 0 Å². The molecule has 0 aliphatic carbocycles. The number of aromatic hydroxyl groups is 1. The second-order valence-corrected chi connectivity index (χ2v) is 8.92. The summed E-state index contributed by atoms with van der Waals surface area (Å²) in [6, 6.07) is 11.5. The van der Waals surface area contributed by atoms with Crippen LogP contribution in [0.2, 0.25) is 0 Å². The number of pyridine rings is 1. The van der Waals surface area contributed by atoms with Gasteiger partial charge < -0.3 is 20.3 Å². The van der Waals surface area contributed by atoms with Crippen LogP contribution in [0.4, 0.5) is 0 Å². The zero-order valence-electron chi connectivity index (χ0n) is 20.3. The van der Waals surface area contributed by atoms with Crippen LogP contribution in [0.25, 0.3) is 17.0 Å². The molecule has 0 aliphatic heterocycles. The molecule has 8 heteroatoms. The Kier molecular flexibility index (Phi) is 7.89. The minimum Gasteiger partial charge on any atom is -0.508 e. The first-order valence-corrected chi connectivity index (χ1v) is 11.2. The van der Waals surface area contributed by atoms with E-state index in [1.54, 1.807) is 30.3 Å². The van der Waals surface area contributed by atoms with Gasteiger partial charge in [0, 0.05) is 17.2 Å². The molecule has 0 saturated heterocycles. The van der Waals surface area contributed by atoms with Crippen molar-refractivity contribution in [3.05, 3.63) is 89.6 Å². The number of amides is 1. The minimum absolute atomic E-state index is 0.0713. The van der Waals surface area contributed by atoms with Crippen molar-refractivity contribution in [2.24, 2.45) is 5.41 Å². The Morgan fingerprint density at radius 1 is 1.14 bits per heavy atom. The number of esters is 1. The molecule has 2 aromatic carbocycles. The number of carboxylic acids is 1. The number of ether oxygens (including phenoxy) is 1. The molecule has 0 radical (unpaired) electrons. The summed E-state index contributed by atoms with van der Waals surface area (Å²) in [7, 11) is 1.21. The van der Waals surface area contributed by atoms with Crippen molar-refractivity contribution in [2.45, 2.75) is 26.3 Å². The largest absolute Gasteiger partial charge is 0.508 e. The molecule has 0 aliphatic rings. The SMILES string of the molecule is C=CC(C)(C)/C=C/c1ccc2nc(C(=O)N[C@@H](Cc3ccc(O)cc3)C(=O)OC)cc(C(=O)O)c2c1. The van der Waals surface area contributed by atoms with Crippen molar-refractivity contribution in [3.8, 4) is 5.75 Å². The summed E-state index contributed by atoms with van der Waals surface area (Å²) >= 11 is 0. The number of fused-ring (bicyclic) bond motifs is 1. The van der Waals surface area contributed by atoms with Crippen molar-refractivity contribution >= 4 is 34.8 Å². The number of benzene rings is 2. The predicted octanol–water partition coefficient (Wildman–Crippen LogP) is 4.38. The lowest BCUT2D eigenvalue weighted by atomic mass is 9.92. The molecule has 1 atom stereocenters. The number of carbonyl (C=O) groups is 3. The summed E-state index contributed by atoms with van der Waals surface area (Å²) in [6.45, 7) is 7.80. The van der Waals surface area contributed by atoms with Gasteiger partial charge in [0.25, 0.3) is 5.91 Å². The van der Waals surface area contributed by atoms with Crippen molar-refractivity contribution in [3.63, 3.8) is 0 Å². The molecule has 3 aromatic rings. The molecule has 1 amide bonds. The van der Waals surface area contributed by atoms with Crippen molar-refractivity contribution in [2.75, 3.05) is 7.11 Å². The fourth-order valence-corrected chi connectivity index (χ4v) is 3.45. The van der Waals surface area contributed by atoms with Gasteiger partial charge in [-0.1, -0.05) is 50.3 Å². The van der Waals surface area contributed by atoms with E-state index in [-0.39, 0.29) is 28.8 Å². The highest BCUT2D eigenvalue weighted by Gasteiger charge is 2.24. The first kappa shape index (κ1) is 26.2.